The van der Waals surface area contributed by atoms with Crippen LogP contribution in [0.1, 0.15) is 59.8 Å². The van der Waals surface area contributed by atoms with Gasteiger partial charge < -0.3 is 10.1 Å². The summed E-state index contributed by atoms with van der Waals surface area (Å²) in [5.74, 6) is 0.903. The smallest absolute Gasteiger partial charge is 0.407 e. The Labute approximate surface area is 123 Å². The number of carbonyl (C=O) groups excluding carboxylic acids is 1. The predicted octanol–water partition coefficient (Wildman–Crippen LogP) is 3.16. The maximum Gasteiger partial charge on any atom is 0.407 e. The molecule has 2 unspecified atom stereocenters. The van der Waals surface area contributed by atoms with E-state index in [9.17, 15) is 4.79 Å². The minimum absolute atomic E-state index is 0.242. The van der Waals surface area contributed by atoms with Gasteiger partial charge in [-0.2, -0.15) is 0 Å². The summed E-state index contributed by atoms with van der Waals surface area (Å²) in [5, 5.41) is 3.04. The van der Waals surface area contributed by atoms with E-state index in [1.165, 1.54) is 32.2 Å². The van der Waals surface area contributed by atoms with Gasteiger partial charge in [-0.05, 0) is 65.3 Å². The first-order chi connectivity index (χ1) is 9.39. The van der Waals surface area contributed by atoms with E-state index in [0.717, 1.165) is 24.9 Å². The molecule has 2 atom stereocenters. The number of carbonyl (C=O) groups is 1. The minimum atomic E-state index is -0.418. The highest BCUT2D eigenvalue weighted by atomic mass is 16.6. The molecule has 1 aliphatic carbocycles. The van der Waals surface area contributed by atoms with Crippen LogP contribution in [0.15, 0.2) is 0 Å². The van der Waals surface area contributed by atoms with Crippen LogP contribution >= 0.6 is 0 Å². The largest absolute Gasteiger partial charge is 0.444 e. The lowest BCUT2D eigenvalue weighted by molar-refractivity contribution is 0.0447. The molecule has 0 bridgehead atoms. The number of piperidine rings is 1. The van der Waals surface area contributed by atoms with Crippen molar-refractivity contribution in [3.8, 4) is 0 Å². The van der Waals surface area contributed by atoms with Crippen molar-refractivity contribution in [1.29, 1.82) is 0 Å². The summed E-state index contributed by atoms with van der Waals surface area (Å²) in [5.41, 5.74) is -0.418. The van der Waals surface area contributed by atoms with Crippen molar-refractivity contribution in [1.82, 2.24) is 10.2 Å². The second kappa shape index (κ2) is 6.33. The molecule has 1 saturated carbocycles. The lowest BCUT2D eigenvalue weighted by Gasteiger charge is -2.38. The van der Waals surface area contributed by atoms with Gasteiger partial charge in [0.1, 0.15) is 5.60 Å². The van der Waals surface area contributed by atoms with Crippen molar-refractivity contribution in [2.75, 3.05) is 13.1 Å². The summed E-state index contributed by atoms with van der Waals surface area (Å²) >= 11 is 0. The van der Waals surface area contributed by atoms with Crippen LogP contribution in [0, 0.1) is 5.92 Å². The number of nitrogens with one attached hydrogen (secondary N) is 1. The number of ether oxygens (including phenoxy) is 1. The van der Waals surface area contributed by atoms with Crippen LogP contribution in [0.4, 0.5) is 4.79 Å². The van der Waals surface area contributed by atoms with E-state index >= 15 is 0 Å². The van der Waals surface area contributed by atoms with Crippen molar-refractivity contribution in [2.45, 2.75) is 77.5 Å². The number of hydrogen-bond donors (Lipinski definition) is 1. The van der Waals surface area contributed by atoms with E-state index in [4.69, 9.17) is 4.74 Å². The molecule has 2 fully saturated rings. The van der Waals surface area contributed by atoms with E-state index in [2.05, 4.69) is 17.1 Å². The Morgan fingerprint density at radius 1 is 1.35 bits per heavy atom. The minimum Gasteiger partial charge on any atom is -0.444 e. The Balaban J connectivity index is 1.82. The molecule has 0 aromatic rings. The van der Waals surface area contributed by atoms with Gasteiger partial charge in [-0.15, -0.1) is 0 Å². The third-order valence-electron chi connectivity index (χ3n) is 4.23. The molecule has 1 aliphatic heterocycles. The van der Waals surface area contributed by atoms with Crippen LogP contribution in [-0.2, 0) is 4.74 Å². The average Bonchev–Trinajstić information content (AvgIpc) is 3.12. The first-order valence-corrected chi connectivity index (χ1v) is 8.12. The van der Waals surface area contributed by atoms with E-state index in [1.807, 2.05) is 20.8 Å². The van der Waals surface area contributed by atoms with Crippen molar-refractivity contribution in [3.05, 3.63) is 0 Å². The first kappa shape index (κ1) is 15.6. The molecule has 1 amide bonds. The summed E-state index contributed by atoms with van der Waals surface area (Å²) < 4.78 is 5.35. The molecule has 1 saturated heterocycles. The van der Waals surface area contributed by atoms with Crippen LogP contribution < -0.4 is 5.32 Å². The van der Waals surface area contributed by atoms with Gasteiger partial charge in [-0.3, -0.25) is 4.90 Å². The number of likely N-dealkylation sites (tertiary alicyclic amines) is 1. The topological polar surface area (TPSA) is 41.6 Å². The second-order valence-corrected chi connectivity index (χ2v) is 7.29. The maximum absolute atomic E-state index is 11.9. The number of nitrogens with zero attached hydrogens (tertiary/aromatic N) is 1. The SMILES string of the molecule is CCC(C1CC1)N1CCCC(NC(=O)OC(C)(C)C)C1. The van der Waals surface area contributed by atoms with E-state index in [0.29, 0.717) is 0 Å². The lowest BCUT2D eigenvalue weighted by Crippen LogP contribution is -2.52. The van der Waals surface area contributed by atoms with E-state index in [-0.39, 0.29) is 12.1 Å². The molecule has 2 aliphatic rings. The molecular formula is C16H30N2O2. The molecule has 20 heavy (non-hydrogen) atoms. The van der Waals surface area contributed by atoms with Gasteiger partial charge in [-0.1, -0.05) is 6.92 Å². The fourth-order valence-electron chi connectivity index (χ4n) is 3.27. The Bertz CT molecular complexity index is 334. The standard InChI is InChI=1S/C16H30N2O2/c1-5-14(12-8-9-12)18-10-6-7-13(11-18)17-15(19)20-16(2,3)4/h12-14H,5-11H2,1-4H3,(H,17,19). The molecule has 4 nitrogen and oxygen atoms in total. The molecule has 2 rings (SSSR count). The zero-order chi connectivity index (χ0) is 14.8. The molecule has 0 radical (unpaired) electrons. The summed E-state index contributed by atoms with van der Waals surface area (Å²) in [6.45, 7) is 10.2. The normalized spacial score (nSPS) is 26.1. The fourth-order valence-corrected chi connectivity index (χ4v) is 3.27. The monoisotopic (exact) mass is 282 g/mol. The van der Waals surface area contributed by atoms with Gasteiger partial charge in [0, 0.05) is 18.6 Å². The summed E-state index contributed by atoms with van der Waals surface area (Å²) in [7, 11) is 0. The molecule has 0 aromatic carbocycles. The van der Waals surface area contributed by atoms with Gasteiger partial charge in [0.2, 0.25) is 0 Å². The highest BCUT2D eigenvalue weighted by molar-refractivity contribution is 5.68. The lowest BCUT2D eigenvalue weighted by atomic mass is 10.0. The van der Waals surface area contributed by atoms with Crippen LogP contribution in [0.3, 0.4) is 0 Å². The van der Waals surface area contributed by atoms with Crippen molar-refractivity contribution < 1.29 is 9.53 Å². The van der Waals surface area contributed by atoms with Gasteiger partial charge >= 0.3 is 6.09 Å². The maximum atomic E-state index is 11.9. The number of hydrogen-bond acceptors (Lipinski definition) is 3. The van der Waals surface area contributed by atoms with E-state index < -0.39 is 5.60 Å². The summed E-state index contributed by atoms with van der Waals surface area (Å²) in [6.07, 6.45) is 5.96. The summed E-state index contributed by atoms with van der Waals surface area (Å²) in [4.78, 5) is 14.5. The van der Waals surface area contributed by atoms with Crippen molar-refractivity contribution in [3.63, 3.8) is 0 Å². The molecule has 4 heteroatoms. The van der Waals surface area contributed by atoms with Gasteiger partial charge in [-0.25, -0.2) is 4.79 Å². The Morgan fingerprint density at radius 2 is 2.05 bits per heavy atom. The van der Waals surface area contributed by atoms with Gasteiger partial charge in [0.05, 0.1) is 0 Å². The summed E-state index contributed by atoms with van der Waals surface area (Å²) in [6, 6.07) is 0.963. The first-order valence-electron chi connectivity index (χ1n) is 8.12. The predicted molar refractivity (Wildman–Crippen MR) is 80.8 cm³/mol. The number of rotatable bonds is 4. The molecule has 1 heterocycles. The quantitative estimate of drug-likeness (QED) is 0.861. The van der Waals surface area contributed by atoms with Gasteiger partial charge in [0.15, 0.2) is 0 Å². The Hall–Kier alpha value is -0.770. The van der Waals surface area contributed by atoms with Crippen molar-refractivity contribution >= 4 is 6.09 Å². The third-order valence-corrected chi connectivity index (χ3v) is 4.23. The highest BCUT2D eigenvalue weighted by Gasteiger charge is 2.36. The highest BCUT2D eigenvalue weighted by Crippen LogP contribution is 2.37. The van der Waals surface area contributed by atoms with Crippen LogP contribution in [0.5, 0.6) is 0 Å². The zero-order valence-corrected chi connectivity index (χ0v) is 13.4. The number of amides is 1. The molecule has 0 spiro atoms. The molecule has 0 aromatic heterocycles. The van der Waals surface area contributed by atoms with Crippen LogP contribution in [0.25, 0.3) is 0 Å². The number of alkyl carbamates (subject to hydrolysis) is 1. The molecule has 1 N–H and O–H groups in total. The molecule has 116 valence electrons. The molecular weight excluding hydrogens is 252 g/mol. The van der Waals surface area contributed by atoms with Crippen LogP contribution in [-0.4, -0.2) is 41.8 Å². The average molecular weight is 282 g/mol. The van der Waals surface area contributed by atoms with Gasteiger partial charge in [0.25, 0.3) is 0 Å². The van der Waals surface area contributed by atoms with E-state index in [1.54, 1.807) is 0 Å². The van der Waals surface area contributed by atoms with Crippen LogP contribution in [0.2, 0.25) is 0 Å². The Kier molecular flexibility index (Phi) is 4.95. The second-order valence-electron chi connectivity index (χ2n) is 7.29. The van der Waals surface area contributed by atoms with Crippen molar-refractivity contribution in [2.24, 2.45) is 5.92 Å². The fraction of sp³-hybridized carbons (Fsp3) is 0.938. The third kappa shape index (κ3) is 4.65. The Morgan fingerprint density at radius 3 is 2.60 bits per heavy atom. The zero-order valence-electron chi connectivity index (χ0n) is 13.4.